The van der Waals surface area contributed by atoms with Crippen molar-refractivity contribution >= 4 is 5.69 Å². The highest BCUT2D eigenvalue weighted by Crippen LogP contribution is 2.56. The molecule has 3 aromatic carbocycles. The number of aryl methyl sites for hydroxylation is 1. The van der Waals surface area contributed by atoms with E-state index in [1.165, 1.54) is 28.7 Å². The zero-order valence-corrected chi connectivity index (χ0v) is 13.5. The molecule has 118 valence electrons. The number of anilines is 1. The van der Waals surface area contributed by atoms with E-state index in [4.69, 9.17) is 10.5 Å². The van der Waals surface area contributed by atoms with Crippen molar-refractivity contribution in [1.82, 2.24) is 0 Å². The number of nitrogen functional groups attached to an aromatic ring is 1. The third-order valence-corrected chi connectivity index (χ3v) is 5.51. The smallest absolute Gasteiger partial charge is 0.132 e. The molecule has 1 spiro atoms. The van der Waals surface area contributed by atoms with Crippen molar-refractivity contribution in [3.63, 3.8) is 0 Å². The fourth-order valence-electron chi connectivity index (χ4n) is 4.53. The summed E-state index contributed by atoms with van der Waals surface area (Å²) in [7, 11) is 0. The van der Waals surface area contributed by atoms with Crippen molar-refractivity contribution in [3.8, 4) is 11.5 Å². The maximum atomic E-state index is 6.22. The first-order valence-corrected chi connectivity index (χ1v) is 8.55. The number of hydrogen-bond donors (Lipinski definition) is 1. The van der Waals surface area contributed by atoms with Gasteiger partial charge in [0.15, 0.2) is 0 Å². The van der Waals surface area contributed by atoms with Crippen molar-refractivity contribution in [3.05, 3.63) is 89.0 Å². The summed E-state index contributed by atoms with van der Waals surface area (Å²) in [6.45, 7) is 0. The molecule has 1 atom stereocenters. The summed E-state index contributed by atoms with van der Waals surface area (Å²) in [5.41, 5.74) is 12.1. The van der Waals surface area contributed by atoms with Crippen LogP contribution in [0.4, 0.5) is 5.69 Å². The van der Waals surface area contributed by atoms with Crippen LogP contribution in [0.1, 0.15) is 35.1 Å². The molecule has 0 saturated carbocycles. The highest BCUT2D eigenvalue weighted by molar-refractivity contribution is 5.67. The van der Waals surface area contributed by atoms with E-state index < -0.39 is 0 Å². The van der Waals surface area contributed by atoms with E-state index in [0.717, 1.165) is 30.0 Å². The number of para-hydroxylation sites is 1. The van der Waals surface area contributed by atoms with Gasteiger partial charge in [0.25, 0.3) is 0 Å². The fourth-order valence-corrected chi connectivity index (χ4v) is 4.53. The van der Waals surface area contributed by atoms with Gasteiger partial charge in [-0.05, 0) is 54.7 Å². The highest BCUT2D eigenvalue weighted by atomic mass is 16.5. The Labute approximate surface area is 141 Å². The third kappa shape index (κ3) is 1.71. The predicted molar refractivity (Wildman–Crippen MR) is 96.6 cm³/mol. The zero-order valence-electron chi connectivity index (χ0n) is 13.5. The standard InChI is InChI=1S/C22H19NO/c23-16-11-12-21-19(14-16)22(18-9-3-4-10-20(18)24-21)13-5-7-15-6-1-2-8-17(15)22/h1-4,6,8-12,14H,5,7,13,23H2. The summed E-state index contributed by atoms with van der Waals surface area (Å²) in [4.78, 5) is 0. The van der Waals surface area contributed by atoms with Gasteiger partial charge < -0.3 is 10.5 Å². The highest BCUT2D eigenvalue weighted by Gasteiger charge is 2.45. The minimum absolute atomic E-state index is 0.158. The van der Waals surface area contributed by atoms with Crippen LogP contribution in [0.5, 0.6) is 11.5 Å². The molecule has 24 heavy (non-hydrogen) atoms. The monoisotopic (exact) mass is 313 g/mol. The summed E-state index contributed by atoms with van der Waals surface area (Å²) in [6, 6.07) is 23.3. The summed E-state index contributed by atoms with van der Waals surface area (Å²) in [5, 5.41) is 0. The van der Waals surface area contributed by atoms with Gasteiger partial charge in [-0.3, -0.25) is 0 Å². The maximum absolute atomic E-state index is 6.22. The first-order valence-electron chi connectivity index (χ1n) is 8.55. The largest absolute Gasteiger partial charge is 0.457 e. The third-order valence-electron chi connectivity index (χ3n) is 5.51. The molecular formula is C22H19NO. The molecule has 2 nitrogen and oxygen atoms in total. The van der Waals surface area contributed by atoms with E-state index in [9.17, 15) is 0 Å². The van der Waals surface area contributed by atoms with Gasteiger partial charge in [-0.25, -0.2) is 0 Å². The Morgan fingerprint density at radius 3 is 2.46 bits per heavy atom. The lowest BCUT2D eigenvalue weighted by molar-refractivity contribution is 0.391. The number of nitrogens with two attached hydrogens (primary N) is 1. The van der Waals surface area contributed by atoms with Crippen molar-refractivity contribution in [2.24, 2.45) is 0 Å². The van der Waals surface area contributed by atoms with Crippen LogP contribution in [0.15, 0.2) is 66.7 Å². The molecule has 1 aliphatic heterocycles. The van der Waals surface area contributed by atoms with Gasteiger partial charge in [0.05, 0.1) is 5.41 Å². The average Bonchev–Trinajstić information content (AvgIpc) is 2.63. The van der Waals surface area contributed by atoms with Crippen LogP contribution < -0.4 is 10.5 Å². The lowest BCUT2D eigenvalue weighted by Gasteiger charge is -2.44. The molecule has 1 unspecified atom stereocenters. The molecule has 0 bridgehead atoms. The van der Waals surface area contributed by atoms with Crippen LogP contribution in [0, 0.1) is 0 Å². The van der Waals surface area contributed by atoms with Crippen LogP contribution in [0.3, 0.4) is 0 Å². The Morgan fingerprint density at radius 2 is 1.54 bits per heavy atom. The Hall–Kier alpha value is -2.74. The van der Waals surface area contributed by atoms with E-state index >= 15 is 0 Å². The molecular weight excluding hydrogens is 294 g/mol. The lowest BCUT2D eigenvalue weighted by atomic mass is 9.61. The van der Waals surface area contributed by atoms with Gasteiger partial charge in [0.1, 0.15) is 11.5 Å². The SMILES string of the molecule is Nc1ccc2c(c1)C1(CCCc3ccccc31)c1ccccc1O2. The van der Waals surface area contributed by atoms with Crippen molar-refractivity contribution in [2.45, 2.75) is 24.7 Å². The molecule has 2 aliphatic rings. The van der Waals surface area contributed by atoms with Gasteiger partial charge in [-0.15, -0.1) is 0 Å². The average molecular weight is 313 g/mol. The van der Waals surface area contributed by atoms with Crippen molar-refractivity contribution in [1.29, 1.82) is 0 Å². The second-order valence-electron chi connectivity index (χ2n) is 6.77. The normalized spacial score (nSPS) is 20.7. The molecule has 0 aromatic heterocycles. The molecule has 2 N–H and O–H groups in total. The van der Waals surface area contributed by atoms with Crippen LogP contribution >= 0.6 is 0 Å². The quantitative estimate of drug-likeness (QED) is 0.590. The molecule has 5 rings (SSSR count). The summed E-state index contributed by atoms with van der Waals surface area (Å²) in [5.74, 6) is 1.89. The Balaban J connectivity index is 1.91. The summed E-state index contributed by atoms with van der Waals surface area (Å²) >= 11 is 0. The molecule has 1 aliphatic carbocycles. The summed E-state index contributed by atoms with van der Waals surface area (Å²) in [6.07, 6.45) is 3.39. The lowest BCUT2D eigenvalue weighted by Crippen LogP contribution is -2.36. The van der Waals surface area contributed by atoms with Gasteiger partial charge in [-0.1, -0.05) is 42.5 Å². The number of benzene rings is 3. The fraction of sp³-hybridized carbons (Fsp3) is 0.182. The molecule has 1 heterocycles. The van der Waals surface area contributed by atoms with Crippen LogP contribution in [0.2, 0.25) is 0 Å². The molecule has 0 fully saturated rings. The first-order chi connectivity index (χ1) is 11.8. The molecule has 3 aromatic rings. The van der Waals surface area contributed by atoms with Gasteiger partial charge >= 0.3 is 0 Å². The van der Waals surface area contributed by atoms with Crippen LogP contribution in [0.25, 0.3) is 0 Å². The Bertz CT molecular complexity index is 946. The topological polar surface area (TPSA) is 35.2 Å². The molecule has 0 radical (unpaired) electrons. The molecule has 0 saturated heterocycles. The number of fused-ring (bicyclic) bond motifs is 6. The number of rotatable bonds is 0. The van der Waals surface area contributed by atoms with Gasteiger partial charge in [-0.2, -0.15) is 0 Å². The van der Waals surface area contributed by atoms with Gasteiger partial charge in [0, 0.05) is 16.8 Å². The van der Waals surface area contributed by atoms with E-state index in [-0.39, 0.29) is 5.41 Å². The summed E-state index contributed by atoms with van der Waals surface area (Å²) < 4.78 is 6.22. The van der Waals surface area contributed by atoms with Crippen LogP contribution in [-0.2, 0) is 11.8 Å². The first kappa shape index (κ1) is 13.7. The van der Waals surface area contributed by atoms with E-state index in [1.807, 2.05) is 18.2 Å². The Morgan fingerprint density at radius 1 is 0.792 bits per heavy atom. The second-order valence-corrected chi connectivity index (χ2v) is 6.77. The predicted octanol–water partition coefficient (Wildman–Crippen LogP) is 5.05. The maximum Gasteiger partial charge on any atom is 0.132 e. The molecule has 0 amide bonds. The van der Waals surface area contributed by atoms with Crippen molar-refractivity contribution < 1.29 is 4.74 Å². The molecule has 2 heteroatoms. The van der Waals surface area contributed by atoms with Crippen molar-refractivity contribution in [2.75, 3.05) is 5.73 Å². The van der Waals surface area contributed by atoms with E-state index in [0.29, 0.717) is 0 Å². The number of ether oxygens (including phenoxy) is 1. The zero-order chi connectivity index (χ0) is 16.1. The van der Waals surface area contributed by atoms with E-state index in [1.54, 1.807) is 0 Å². The van der Waals surface area contributed by atoms with Crippen LogP contribution in [-0.4, -0.2) is 0 Å². The number of hydrogen-bond acceptors (Lipinski definition) is 2. The second kappa shape index (κ2) is 4.88. The minimum Gasteiger partial charge on any atom is -0.457 e. The Kier molecular flexibility index (Phi) is 2.78. The van der Waals surface area contributed by atoms with E-state index in [2.05, 4.69) is 48.5 Å². The van der Waals surface area contributed by atoms with Gasteiger partial charge in [0.2, 0.25) is 0 Å². The minimum atomic E-state index is -0.158.